The lowest BCUT2D eigenvalue weighted by molar-refractivity contribution is -0.0381. The number of H-pyrrole nitrogens is 1. The lowest BCUT2D eigenvalue weighted by atomic mass is 9.84. The molecule has 3 N–H and O–H groups in total. The van der Waals surface area contributed by atoms with Gasteiger partial charge in [0.2, 0.25) is 0 Å². The number of alkyl halides is 2. The zero-order valence-electron chi connectivity index (χ0n) is 17.6. The minimum Gasteiger partial charge on any atom is -0.493 e. The van der Waals surface area contributed by atoms with Crippen LogP contribution in [0.2, 0.25) is 0 Å². The molecule has 170 valence electrons. The van der Waals surface area contributed by atoms with E-state index in [0.717, 1.165) is 17.7 Å². The number of nitrogens with one attached hydrogen (secondary N) is 1. The first-order valence-corrected chi connectivity index (χ1v) is 11.3. The van der Waals surface area contributed by atoms with Gasteiger partial charge in [0.1, 0.15) is 5.39 Å². The molecule has 0 bridgehead atoms. The molecule has 2 aromatic heterocycles. The van der Waals surface area contributed by atoms with E-state index in [9.17, 15) is 18.4 Å². The fraction of sp³-hybridized carbons (Fsp3) is 0.455. The number of ether oxygens (including phenoxy) is 1. The number of benzene rings is 1. The Labute approximate surface area is 184 Å². The Kier molecular flexibility index (Phi) is 4.79. The van der Waals surface area contributed by atoms with Gasteiger partial charge >= 0.3 is 5.69 Å². The van der Waals surface area contributed by atoms with E-state index in [-0.39, 0.29) is 42.1 Å². The van der Waals surface area contributed by atoms with E-state index >= 15 is 4.39 Å². The highest BCUT2D eigenvalue weighted by molar-refractivity contribution is 7.15. The molecule has 1 atom stereocenters. The Morgan fingerprint density at radius 3 is 2.69 bits per heavy atom. The predicted octanol–water partition coefficient (Wildman–Crippen LogP) is 3.83. The second-order valence-corrected chi connectivity index (χ2v) is 9.61. The number of halogens is 3. The van der Waals surface area contributed by atoms with Gasteiger partial charge < -0.3 is 10.5 Å². The number of methoxy groups -OCH3 is 1. The zero-order valence-corrected chi connectivity index (χ0v) is 18.4. The van der Waals surface area contributed by atoms with Gasteiger partial charge in [-0.15, -0.1) is 11.3 Å². The fourth-order valence-electron chi connectivity index (χ4n) is 4.84. The maximum Gasteiger partial charge on any atom is 0.329 e. The monoisotopic (exact) mass is 465 g/mol. The van der Waals surface area contributed by atoms with Gasteiger partial charge in [-0.3, -0.25) is 14.3 Å². The van der Waals surface area contributed by atoms with Crippen molar-refractivity contribution in [2.45, 2.75) is 50.5 Å². The summed E-state index contributed by atoms with van der Waals surface area (Å²) in [5.74, 6) is -5.06. The number of nitrogens with zero attached hydrogens (tertiary/aromatic N) is 1. The van der Waals surface area contributed by atoms with Gasteiger partial charge in [-0.2, -0.15) is 0 Å². The summed E-state index contributed by atoms with van der Waals surface area (Å²) in [4.78, 5) is 28.7. The molecule has 0 aliphatic heterocycles. The summed E-state index contributed by atoms with van der Waals surface area (Å²) in [5, 5.41) is -0.0227. The molecule has 1 fully saturated rings. The molecule has 2 heterocycles. The van der Waals surface area contributed by atoms with Crippen molar-refractivity contribution in [1.82, 2.24) is 9.55 Å². The number of aromatic nitrogens is 2. The first-order chi connectivity index (χ1) is 15.2. The van der Waals surface area contributed by atoms with Crippen molar-refractivity contribution >= 4 is 22.2 Å². The number of hydrogen-bond acceptors (Lipinski definition) is 5. The van der Waals surface area contributed by atoms with Crippen LogP contribution >= 0.6 is 11.3 Å². The number of aryl methyl sites for hydroxylation is 2. The van der Waals surface area contributed by atoms with Crippen LogP contribution in [0.15, 0.2) is 15.7 Å². The van der Waals surface area contributed by atoms with E-state index in [1.807, 2.05) is 0 Å². The molecule has 3 aromatic rings. The van der Waals surface area contributed by atoms with Crippen LogP contribution in [-0.2, 0) is 6.42 Å². The van der Waals surface area contributed by atoms with Crippen molar-refractivity contribution in [3.05, 3.63) is 48.7 Å². The highest BCUT2D eigenvalue weighted by Gasteiger charge is 2.44. The molecular weight excluding hydrogens is 443 g/mol. The van der Waals surface area contributed by atoms with Gasteiger partial charge in [0.25, 0.3) is 11.5 Å². The Bertz CT molecular complexity index is 1370. The minimum absolute atomic E-state index is 0.0227. The van der Waals surface area contributed by atoms with Gasteiger partial charge in [0.05, 0.1) is 18.5 Å². The molecular formula is C22H22F3N3O3S. The number of rotatable bonds is 4. The van der Waals surface area contributed by atoms with E-state index in [4.69, 9.17) is 10.5 Å². The number of thiophene rings is 1. The molecule has 2 aliphatic carbocycles. The molecule has 1 unspecified atom stereocenters. The molecule has 0 saturated heterocycles. The Balaban J connectivity index is 1.84. The topological polar surface area (TPSA) is 90.1 Å². The number of aromatic amines is 1. The van der Waals surface area contributed by atoms with Crippen LogP contribution in [0.3, 0.4) is 0 Å². The van der Waals surface area contributed by atoms with Crippen LogP contribution in [0.1, 0.15) is 47.2 Å². The summed E-state index contributed by atoms with van der Waals surface area (Å²) in [7, 11) is 1.26. The van der Waals surface area contributed by atoms with E-state index < -0.39 is 28.9 Å². The average Bonchev–Trinajstić information content (AvgIpc) is 3.47. The summed E-state index contributed by atoms with van der Waals surface area (Å²) in [6, 6.07) is 1.49. The second-order valence-electron chi connectivity index (χ2n) is 8.47. The first kappa shape index (κ1) is 21.3. The van der Waals surface area contributed by atoms with Crippen molar-refractivity contribution in [1.29, 1.82) is 0 Å². The summed E-state index contributed by atoms with van der Waals surface area (Å²) in [5.41, 5.74) is 5.72. The third kappa shape index (κ3) is 2.96. The summed E-state index contributed by atoms with van der Waals surface area (Å²) >= 11 is 1.24. The van der Waals surface area contributed by atoms with Crippen molar-refractivity contribution in [3.8, 4) is 16.2 Å². The SMILES string of the molecule is COc1c(F)c(-c2cc3c(s2)CCC(F)(F)C3CN)c(C)c2c1c(=O)[nH]c(=O)n2C1CC1. The maximum atomic E-state index is 15.7. The van der Waals surface area contributed by atoms with Crippen LogP contribution in [0, 0.1) is 12.7 Å². The minimum atomic E-state index is -2.92. The van der Waals surface area contributed by atoms with Crippen molar-refractivity contribution in [2.24, 2.45) is 5.73 Å². The molecule has 0 amide bonds. The van der Waals surface area contributed by atoms with Crippen LogP contribution in [0.4, 0.5) is 13.2 Å². The Hall–Kier alpha value is -2.59. The van der Waals surface area contributed by atoms with Gasteiger partial charge in [0, 0.05) is 34.3 Å². The summed E-state index contributed by atoms with van der Waals surface area (Å²) in [6.45, 7) is 1.43. The summed E-state index contributed by atoms with van der Waals surface area (Å²) in [6.07, 6.45) is 1.43. The van der Waals surface area contributed by atoms with Crippen molar-refractivity contribution in [2.75, 3.05) is 13.7 Å². The van der Waals surface area contributed by atoms with Crippen LogP contribution in [0.5, 0.6) is 5.75 Å². The largest absolute Gasteiger partial charge is 0.493 e. The molecule has 0 spiro atoms. The zero-order chi connectivity index (χ0) is 22.9. The highest BCUT2D eigenvalue weighted by atomic mass is 32.1. The van der Waals surface area contributed by atoms with E-state index in [2.05, 4.69) is 4.98 Å². The first-order valence-electron chi connectivity index (χ1n) is 10.4. The van der Waals surface area contributed by atoms with Crippen LogP contribution in [-0.4, -0.2) is 29.1 Å². The quantitative estimate of drug-likeness (QED) is 0.613. The lowest BCUT2D eigenvalue weighted by Crippen LogP contribution is -2.35. The fourth-order valence-corrected chi connectivity index (χ4v) is 6.16. The van der Waals surface area contributed by atoms with Gasteiger partial charge in [-0.05, 0) is 43.4 Å². The van der Waals surface area contributed by atoms with E-state index in [1.54, 1.807) is 13.0 Å². The van der Waals surface area contributed by atoms with Crippen LogP contribution < -0.4 is 21.7 Å². The molecule has 1 aromatic carbocycles. The molecule has 32 heavy (non-hydrogen) atoms. The summed E-state index contributed by atoms with van der Waals surface area (Å²) < 4.78 is 51.4. The van der Waals surface area contributed by atoms with E-state index in [0.29, 0.717) is 21.5 Å². The molecule has 5 rings (SSSR count). The average molecular weight is 465 g/mol. The third-order valence-electron chi connectivity index (χ3n) is 6.53. The second kappa shape index (κ2) is 7.21. The maximum absolute atomic E-state index is 15.7. The number of hydrogen-bond donors (Lipinski definition) is 2. The highest BCUT2D eigenvalue weighted by Crippen LogP contribution is 2.50. The van der Waals surface area contributed by atoms with Gasteiger partial charge in [-0.1, -0.05) is 0 Å². The number of fused-ring (bicyclic) bond motifs is 2. The van der Waals surface area contributed by atoms with E-state index in [1.165, 1.54) is 23.0 Å². The Morgan fingerprint density at radius 1 is 1.34 bits per heavy atom. The van der Waals surface area contributed by atoms with Gasteiger partial charge in [0.15, 0.2) is 11.6 Å². The standard InChI is InChI=1S/C22H22F3N3O3S/c1-9-15(14-7-11-12(8-26)22(24,25)6-5-13(11)32-14)17(23)19(31-2)16-18(9)28(10-3-4-10)21(30)27-20(16)29/h7,10,12H,3-6,8,26H2,1-2H3,(H,27,29,30). The van der Waals surface area contributed by atoms with Crippen molar-refractivity contribution in [3.63, 3.8) is 0 Å². The lowest BCUT2D eigenvalue weighted by Gasteiger charge is -2.30. The molecule has 1 saturated carbocycles. The molecule has 10 heteroatoms. The predicted molar refractivity (Wildman–Crippen MR) is 117 cm³/mol. The molecule has 6 nitrogen and oxygen atoms in total. The normalized spacial score (nSPS) is 19.9. The van der Waals surface area contributed by atoms with Crippen molar-refractivity contribution < 1.29 is 17.9 Å². The van der Waals surface area contributed by atoms with Gasteiger partial charge in [-0.25, -0.2) is 18.0 Å². The third-order valence-corrected chi connectivity index (χ3v) is 7.76. The smallest absolute Gasteiger partial charge is 0.329 e. The number of nitrogens with two attached hydrogens (primary N) is 1. The van der Waals surface area contributed by atoms with Crippen LogP contribution in [0.25, 0.3) is 21.3 Å². The molecule has 0 radical (unpaired) electrons. The molecule has 2 aliphatic rings. The Morgan fingerprint density at radius 2 is 2.06 bits per heavy atom.